The Labute approximate surface area is 131 Å². The van der Waals surface area contributed by atoms with Crippen LogP contribution >= 0.6 is 0 Å². The zero-order chi connectivity index (χ0) is 16.6. The summed E-state index contributed by atoms with van der Waals surface area (Å²) < 4.78 is 0. The molecule has 2 amide bonds. The van der Waals surface area contributed by atoms with Gasteiger partial charge in [-0.05, 0) is 30.0 Å². The highest BCUT2D eigenvalue weighted by molar-refractivity contribution is 6.26. The van der Waals surface area contributed by atoms with Gasteiger partial charge in [0.15, 0.2) is 5.69 Å². The van der Waals surface area contributed by atoms with Crippen molar-refractivity contribution in [2.24, 2.45) is 0 Å². The van der Waals surface area contributed by atoms with E-state index in [0.29, 0.717) is 27.6 Å². The zero-order valence-electron chi connectivity index (χ0n) is 12.1. The molecule has 0 atom stereocenters. The van der Waals surface area contributed by atoms with Crippen molar-refractivity contribution in [3.8, 4) is 0 Å². The molecule has 1 aliphatic rings. The number of hydrogen-bond acceptors (Lipinski definition) is 3. The first kappa shape index (κ1) is 14.7. The fraction of sp³-hybridized carbons (Fsp3) is 0.176. The van der Waals surface area contributed by atoms with Crippen molar-refractivity contribution in [1.29, 1.82) is 0 Å². The SMILES string of the molecule is [C-]#[N+]c1cc2c3c(cccc3c1)C(=O)N(CCCC(=O)O)C2=O. The minimum atomic E-state index is -0.972. The van der Waals surface area contributed by atoms with Crippen LogP contribution in [-0.4, -0.2) is 34.3 Å². The fourth-order valence-electron chi connectivity index (χ4n) is 2.80. The van der Waals surface area contributed by atoms with Crippen molar-refractivity contribution in [3.05, 3.63) is 52.9 Å². The van der Waals surface area contributed by atoms with Gasteiger partial charge < -0.3 is 5.11 Å². The monoisotopic (exact) mass is 308 g/mol. The molecule has 0 radical (unpaired) electrons. The molecule has 0 aliphatic carbocycles. The second-order valence-corrected chi connectivity index (χ2v) is 5.27. The van der Waals surface area contributed by atoms with Crippen LogP contribution in [0.5, 0.6) is 0 Å². The topological polar surface area (TPSA) is 79.0 Å². The van der Waals surface area contributed by atoms with E-state index in [1.807, 2.05) is 0 Å². The van der Waals surface area contributed by atoms with E-state index in [9.17, 15) is 14.4 Å². The summed E-state index contributed by atoms with van der Waals surface area (Å²) >= 11 is 0. The Balaban J connectivity index is 2.08. The van der Waals surface area contributed by atoms with E-state index < -0.39 is 17.8 Å². The third kappa shape index (κ3) is 2.42. The van der Waals surface area contributed by atoms with E-state index in [2.05, 4.69) is 4.85 Å². The molecule has 0 saturated heterocycles. The van der Waals surface area contributed by atoms with Gasteiger partial charge in [-0.2, -0.15) is 0 Å². The van der Waals surface area contributed by atoms with Crippen LogP contribution < -0.4 is 0 Å². The predicted molar refractivity (Wildman–Crippen MR) is 82.4 cm³/mol. The zero-order valence-corrected chi connectivity index (χ0v) is 12.1. The number of carbonyl (C=O) groups excluding carboxylic acids is 2. The first-order valence-corrected chi connectivity index (χ1v) is 7.05. The Hall–Kier alpha value is -3.20. The van der Waals surface area contributed by atoms with Crippen LogP contribution in [0.2, 0.25) is 0 Å². The first-order valence-electron chi connectivity index (χ1n) is 7.05. The fourth-order valence-corrected chi connectivity index (χ4v) is 2.80. The van der Waals surface area contributed by atoms with Crippen LogP contribution in [0, 0.1) is 6.57 Å². The maximum Gasteiger partial charge on any atom is 0.303 e. The maximum absolute atomic E-state index is 12.6. The third-order valence-electron chi connectivity index (χ3n) is 3.81. The van der Waals surface area contributed by atoms with Gasteiger partial charge in [0.1, 0.15) is 0 Å². The number of amides is 2. The lowest BCUT2D eigenvalue weighted by Gasteiger charge is -2.27. The normalized spacial score (nSPS) is 13.3. The van der Waals surface area contributed by atoms with Gasteiger partial charge >= 0.3 is 5.97 Å². The van der Waals surface area contributed by atoms with E-state index in [4.69, 9.17) is 11.7 Å². The number of benzene rings is 2. The van der Waals surface area contributed by atoms with E-state index in [0.717, 1.165) is 4.90 Å². The number of hydrogen-bond donors (Lipinski definition) is 1. The summed E-state index contributed by atoms with van der Waals surface area (Å²) in [6, 6.07) is 8.24. The van der Waals surface area contributed by atoms with Crippen molar-refractivity contribution in [2.75, 3.05) is 6.54 Å². The number of nitrogens with zero attached hydrogens (tertiary/aromatic N) is 2. The van der Waals surface area contributed by atoms with E-state index in [1.165, 1.54) is 6.07 Å². The molecule has 0 aromatic heterocycles. The molecule has 23 heavy (non-hydrogen) atoms. The molecule has 0 spiro atoms. The lowest BCUT2D eigenvalue weighted by molar-refractivity contribution is -0.137. The number of imide groups is 1. The molecular weight excluding hydrogens is 296 g/mol. The van der Waals surface area contributed by atoms with Crippen LogP contribution in [0.1, 0.15) is 33.6 Å². The summed E-state index contributed by atoms with van der Waals surface area (Å²) in [5, 5.41) is 9.94. The van der Waals surface area contributed by atoms with Gasteiger partial charge in [-0.1, -0.05) is 12.1 Å². The molecule has 2 aromatic carbocycles. The van der Waals surface area contributed by atoms with Gasteiger partial charge in [0.25, 0.3) is 11.8 Å². The van der Waals surface area contributed by atoms with E-state index >= 15 is 0 Å². The van der Waals surface area contributed by atoms with Gasteiger partial charge in [-0.3, -0.25) is 19.3 Å². The summed E-state index contributed by atoms with van der Waals surface area (Å²) in [5.41, 5.74) is 1.06. The Morgan fingerprint density at radius 1 is 1.17 bits per heavy atom. The molecular formula is C17H12N2O4. The van der Waals surface area contributed by atoms with Gasteiger partial charge in [-0.25, -0.2) is 4.85 Å². The molecule has 0 bridgehead atoms. The highest BCUT2D eigenvalue weighted by atomic mass is 16.4. The molecule has 6 nitrogen and oxygen atoms in total. The molecule has 3 rings (SSSR count). The Kier molecular flexibility index (Phi) is 3.54. The average Bonchev–Trinajstić information content (AvgIpc) is 2.54. The first-order chi connectivity index (χ1) is 11.0. The van der Waals surface area contributed by atoms with Gasteiger partial charge in [0.2, 0.25) is 0 Å². The molecule has 114 valence electrons. The number of carboxylic acids is 1. The smallest absolute Gasteiger partial charge is 0.303 e. The number of carboxylic acid groups (broad SMARTS) is 1. The third-order valence-corrected chi connectivity index (χ3v) is 3.81. The second kappa shape index (κ2) is 5.54. The van der Waals surface area contributed by atoms with Crippen LogP contribution in [-0.2, 0) is 4.79 Å². The molecule has 0 unspecified atom stereocenters. The van der Waals surface area contributed by atoms with Crippen LogP contribution in [0.25, 0.3) is 15.6 Å². The summed E-state index contributed by atoms with van der Waals surface area (Å²) in [7, 11) is 0. The van der Waals surface area contributed by atoms with Crippen molar-refractivity contribution < 1.29 is 19.5 Å². The molecule has 6 heteroatoms. The summed E-state index contributed by atoms with van der Waals surface area (Å²) in [6.07, 6.45) is 0.0802. The lowest BCUT2D eigenvalue weighted by atomic mass is 9.93. The lowest BCUT2D eigenvalue weighted by Crippen LogP contribution is -2.41. The molecule has 0 saturated carbocycles. The minimum absolute atomic E-state index is 0.0437. The van der Waals surface area contributed by atoms with Crippen molar-refractivity contribution in [1.82, 2.24) is 4.90 Å². The van der Waals surface area contributed by atoms with Crippen molar-refractivity contribution in [2.45, 2.75) is 12.8 Å². The Morgan fingerprint density at radius 3 is 2.61 bits per heavy atom. The van der Waals surface area contributed by atoms with Crippen LogP contribution in [0.4, 0.5) is 5.69 Å². The minimum Gasteiger partial charge on any atom is -0.481 e. The second-order valence-electron chi connectivity index (χ2n) is 5.27. The van der Waals surface area contributed by atoms with Gasteiger partial charge in [0, 0.05) is 29.5 Å². The molecule has 1 aliphatic heterocycles. The molecule has 2 aromatic rings. The van der Waals surface area contributed by atoms with Crippen LogP contribution in [0.15, 0.2) is 30.3 Å². The highest BCUT2D eigenvalue weighted by Gasteiger charge is 2.32. The molecule has 0 fully saturated rings. The standard InChI is InChI=1S/C17H12N2O4/c1-18-11-8-10-4-2-5-12-15(10)13(9-11)17(23)19(16(12)22)7-3-6-14(20)21/h2,4-5,8-9H,3,6-7H2,(H,20,21). The number of aliphatic carboxylic acids is 1. The van der Waals surface area contributed by atoms with Crippen molar-refractivity contribution in [3.63, 3.8) is 0 Å². The number of rotatable bonds is 4. The van der Waals surface area contributed by atoms with Gasteiger partial charge in [-0.15, -0.1) is 0 Å². The Bertz CT molecular complexity index is 895. The largest absolute Gasteiger partial charge is 0.481 e. The summed E-state index contributed by atoms with van der Waals surface area (Å²) in [6.45, 7) is 7.19. The summed E-state index contributed by atoms with van der Waals surface area (Å²) in [4.78, 5) is 40.2. The van der Waals surface area contributed by atoms with Crippen molar-refractivity contribution >= 4 is 34.2 Å². The van der Waals surface area contributed by atoms with E-state index in [1.54, 1.807) is 24.3 Å². The summed E-state index contributed by atoms with van der Waals surface area (Å²) in [5.74, 6) is -1.87. The molecule has 1 heterocycles. The quantitative estimate of drug-likeness (QED) is 0.696. The maximum atomic E-state index is 12.6. The Morgan fingerprint density at radius 2 is 1.91 bits per heavy atom. The highest BCUT2D eigenvalue weighted by Crippen LogP contribution is 2.33. The van der Waals surface area contributed by atoms with Gasteiger partial charge in [0.05, 0.1) is 6.57 Å². The predicted octanol–water partition coefficient (Wildman–Crippen LogP) is 2.85. The van der Waals surface area contributed by atoms with E-state index in [-0.39, 0.29) is 19.4 Å². The average molecular weight is 308 g/mol. The number of carbonyl (C=O) groups is 3. The molecule has 1 N–H and O–H groups in total. The van der Waals surface area contributed by atoms with Crippen LogP contribution in [0.3, 0.4) is 0 Å².